The van der Waals surface area contributed by atoms with Crippen molar-refractivity contribution in [3.05, 3.63) is 70.0 Å². The Hall–Kier alpha value is -3.56. The number of fused-ring (bicyclic) bond motifs is 1. The van der Waals surface area contributed by atoms with Gasteiger partial charge in [-0.15, -0.1) is 0 Å². The molecule has 1 fully saturated rings. The van der Waals surface area contributed by atoms with Gasteiger partial charge in [-0.05, 0) is 18.2 Å². The molecular weight excluding hydrogens is 415 g/mol. The van der Waals surface area contributed by atoms with E-state index in [4.69, 9.17) is 9.84 Å². The normalized spacial score (nSPS) is 14.7. The molecule has 1 aliphatic rings. The highest BCUT2D eigenvalue weighted by Crippen LogP contribution is 2.24. The van der Waals surface area contributed by atoms with Crippen LogP contribution in [0.1, 0.15) is 18.4 Å². The van der Waals surface area contributed by atoms with Crippen LogP contribution in [0.25, 0.3) is 10.9 Å². The van der Waals surface area contributed by atoms with Crippen molar-refractivity contribution in [3.8, 4) is 5.75 Å². The Balaban J connectivity index is 1.59. The molecule has 0 radical (unpaired) electrons. The molecule has 31 heavy (non-hydrogen) atoms. The van der Waals surface area contributed by atoms with Crippen molar-refractivity contribution in [2.24, 2.45) is 0 Å². The van der Waals surface area contributed by atoms with E-state index in [1.165, 1.54) is 21.9 Å². The summed E-state index contributed by atoms with van der Waals surface area (Å²) in [6.45, 7) is 0.434. The molecule has 0 saturated carbocycles. The van der Waals surface area contributed by atoms with E-state index >= 15 is 0 Å². The smallest absolute Gasteiger partial charge is 0.407 e. The van der Waals surface area contributed by atoms with Crippen LogP contribution in [0.2, 0.25) is 0 Å². The molecule has 1 amide bonds. The number of ether oxygens (including phenoxy) is 1. The number of halogens is 3. The minimum Gasteiger partial charge on any atom is -0.490 e. The topological polar surface area (TPSA) is 84.7 Å². The van der Waals surface area contributed by atoms with Gasteiger partial charge in [0.15, 0.2) is 0 Å². The molecule has 2 aromatic carbocycles. The number of piperidine rings is 1. The van der Waals surface area contributed by atoms with Crippen LogP contribution in [-0.2, 0) is 6.54 Å². The minimum atomic E-state index is -1.03. The Morgan fingerprint density at radius 1 is 1.13 bits per heavy atom. The third kappa shape index (κ3) is 4.32. The van der Waals surface area contributed by atoms with Crippen LogP contribution in [0.3, 0.4) is 0 Å². The first-order chi connectivity index (χ1) is 14.8. The molecule has 7 nitrogen and oxygen atoms in total. The molecule has 162 valence electrons. The second kappa shape index (κ2) is 8.29. The second-order valence-corrected chi connectivity index (χ2v) is 7.29. The molecule has 1 saturated heterocycles. The summed E-state index contributed by atoms with van der Waals surface area (Å²) in [6, 6.07) is 5.90. The van der Waals surface area contributed by atoms with E-state index in [9.17, 15) is 22.8 Å². The first-order valence-corrected chi connectivity index (χ1v) is 9.59. The standard InChI is InChI=1S/C21H18F3N3O4/c22-12-7-17(23)16(18(24)8-12)10-27-11-25-20(28)15-9-14(1-2-19(15)27)31-13-3-5-26(6-4-13)21(29)30/h1-2,7-9,11,13H,3-6,10H2,(H,29,30). The van der Waals surface area contributed by atoms with Crippen molar-refractivity contribution in [1.29, 1.82) is 0 Å². The molecule has 2 heterocycles. The zero-order chi connectivity index (χ0) is 22.1. The van der Waals surface area contributed by atoms with Gasteiger partial charge >= 0.3 is 6.09 Å². The zero-order valence-corrected chi connectivity index (χ0v) is 16.2. The number of hydrogen-bond acceptors (Lipinski definition) is 4. The van der Waals surface area contributed by atoms with Crippen LogP contribution < -0.4 is 10.3 Å². The molecule has 0 bridgehead atoms. The molecule has 0 unspecified atom stereocenters. The molecule has 4 rings (SSSR count). The minimum absolute atomic E-state index is 0.200. The Morgan fingerprint density at radius 2 is 1.81 bits per heavy atom. The van der Waals surface area contributed by atoms with E-state index < -0.39 is 29.1 Å². The number of carbonyl (C=O) groups is 1. The fourth-order valence-corrected chi connectivity index (χ4v) is 3.64. The van der Waals surface area contributed by atoms with Crippen molar-refractivity contribution in [2.45, 2.75) is 25.5 Å². The van der Waals surface area contributed by atoms with Crippen LogP contribution >= 0.6 is 0 Å². The largest absolute Gasteiger partial charge is 0.490 e. The molecule has 0 aliphatic carbocycles. The van der Waals surface area contributed by atoms with Gasteiger partial charge in [-0.25, -0.2) is 18.0 Å². The Labute approximate surface area is 174 Å². The second-order valence-electron chi connectivity index (χ2n) is 7.29. The van der Waals surface area contributed by atoms with E-state index in [0.717, 1.165) is 0 Å². The lowest BCUT2D eigenvalue weighted by Gasteiger charge is -2.30. The van der Waals surface area contributed by atoms with Gasteiger partial charge in [0, 0.05) is 43.6 Å². The lowest BCUT2D eigenvalue weighted by molar-refractivity contribution is 0.0895. The molecule has 1 aliphatic heterocycles. The summed E-state index contributed by atoms with van der Waals surface area (Å²) in [4.78, 5) is 28.3. The van der Waals surface area contributed by atoms with E-state index in [-0.39, 0.29) is 23.6 Å². The Kier molecular flexibility index (Phi) is 5.53. The monoisotopic (exact) mass is 433 g/mol. The molecule has 0 atom stereocenters. The van der Waals surface area contributed by atoms with Crippen molar-refractivity contribution in [3.63, 3.8) is 0 Å². The van der Waals surface area contributed by atoms with Gasteiger partial charge < -0.3 is 19.3 Å². The molecule has 10 heteroatoms. The third-order valence-corrected chi connectivity index (χ3v) is 5.27. The summed E-state index contributed by atoms with van der Waals surface area (Å²) in [5.74, 6) is -2.66. The molecule has 0 spiro atoms. The highest BCUT2D eigenvalue weighted by molar-refractivity contribution is 5.79. The van der Waals surface area contributed by atoms with E-state index in [2.05, 4.69) is 4.98 Å². The number of amides is 1. The summed E-state index contributed by atoms with van der Waals surface area (Å²) in [7, 11) is 0. The van der Waals surface area contributed by atoms with Gasteiger partial charge in [-0.3, -0.25) is 4.79 Å². The van der Waals surface area contributed by atoms with Gasteiger partial charge in [0.25, 0.3) is 5.56 Å². The first kappa shape index (κ1) is 20.7. The molecular formula is C21H18F3N3O4. The third-order valence-electron chi connectivity index (χ3n) is 5.27. The van der Waals surface area contributed by atoms with Crippen LogP contribution in [0.4, 0.5) is 18.0 Å². The Bertz CT molecular complexity index is 1180. The maximum Gasteiger partial charge on any atom is 0.407 e. The quantitative estimate of drug-likeness (QED) is 0.682. The number of nitrogens with zero attached hydrogens (tertiary/aromatic N) is 3. The van der Waals surface area contributed by atoms with E-state index in [0.29, 0.717) is 49.3 Å². The van der Waals surface area contributed by atoms with E-state index in [1.54, 1.807) is 12.1 Å². The average molecular weight is 433 g/mol. The highest BCUT2D eigenvalue weighted by atomic mass is 19.1. The summed E-state index contributed by atoms with van der Waals surface area (Å²) >= 11 is 0. The molecule has 1 N–H and O–H groups in total. The van der Waals surface area contributed by atoms with Crippen molar-refractivity contribution >= 4 is 17.0 Å². The van der Waals surface area contributed by atoms with Crippen molar-refractivity contribution in [1.82, 2.24) is 14.5 Å². The van der Waals surface area contributed by atoms with Crippen LogP contribution in [0.5, 0.6) is 5.75 Å². The number of rotatable bonds is 4. The van der Waals surface area contributed by atoms with Gasteiger partial charge in [0.2, 0.25) is 0 Å². The van der Waals surface area contributed by atoms with Crippen LogP contribution in [0.15, 0.2) is 41.5 Å². The fourth-order valence-electron chi connectivity index (χ4n) is 3.64. The highest BCUT2D eigenvalue weighted by Gasteiger charge is 2.23. The number of aromatic nitrogens is 2. The predicted molar refractivity (Wildman–Crippen MR) is 105 cm³/mol. The van der Waals surface area contributed by atoms with Gasteiger partial charge in [0.1, 0.15) is 29.3 Å². The van der Waals surface area contributed by atoms with Crippen molar-refractivity contribution in [2.75, 3.05) is 13.1 Å². The van der Waals surface area contributed by atoms with Crippen molar-refractivity contribution < 1.29 is 27.8 Å². The van der Waals surface area contributed by atoms with Crippen LogP contribution in [-0.4, -0.2) is 44.8 Å². The van der Waals surface area contributed by atoms with Gasteiger partial charge in [-0.1, -0.05) is 0 Å². The lowest BCUT2D eigenvalue weighted by atomic mass is 10.1. The number of carboxylic acid groups (broad SMARTS) is 1. The molecule has 3 aromatic rings. The Morgan fingerprint density at radius 3 is 2.45 bits per heavy atom. The summed E-state index contributed by atoms with van der Waals surface area (Å²) in [5, 5.41) is 9.22. The SMILES string of the molecule is O=C(O)N1CCC(Oc2ccc3c(c2)c(=O)ncn3Cc2c(F)cc(F)cc2F)CC1. The maximum atomic E-state index is 14.0. The van der Waals surface area contributed by atoms with Gasteiger partial charge in [0.05, 0.1) is 23.8 Å². The fraction of sp³-hybridized carbons (Fsp3) is 0.286. The zero-order valence-electron chi connectivity index (χ0n) is 16.2. The average Bonchev–Trinajstić information content (AvgIpc) is 2.73. The predicted octanol–water partition coefficient (Wildman–Crippen LogP) is 3.38. The number of likely N-dealkylation sites (tertiary alicyclic amines) is 1. The first-order valence-electron chi connectivity index (χ1n) is 9.59. The van der Waals surface area contributed by atoms with Gasteiger partial charge in [-0.2, -0.15) is 4.98 Å². The summed E-state index contributed by atoms with van der Waals surface area (Å²) < 4.78 is 48.5. The lowest BCUT2D eigenvalue weighted by Crippen LogP contribution is -2.41. The van der Waals surface area contributed by atoms with Crippen LogP contribution in [0, 0.1) is 17.5 Å². The summed E-state index contributed by atoms with van der Waals surface area (Å²) in [5.41, 5.74) is -0.493. The number of hydrogen-bond donors (Lipinski definition) is 1. The van der Waals surface area contributed by atoms with E-state index in [1.807, 2.05) is 0 Å². The number of benzene rings is 2. The molecule has 1 aromatic heterocycles. The maximum absolute atomic E-state index is 14.0. The summed E-state index contributed by atoms with van der Waals surface area (Å²) in [6.07, 6.45) is 1.05.